The van der Waals surface area contributed by atoms with Gasteiger partial charge in [0.15, 0.2) is 0 Å². The lowest BCUT2D eigenvalue weighted by Gasteiger charge is -2.04. The number of methoxy groups -OCH3 is 1. The number of hydrogen-bond donors (Lipinski definition) is 3. The van der Waals surface area contributed by atoms with Crippen molar-refractivity contribution < 1.29 is 14.6 Å². The zero-order chi connectivity index (χ0) is 15.1. The molecule has 0 radical (unpaired) electrons. The van der Waals surface area contributed by atoms with E-state index in [9.17, 15) is 4.79 Å². The van der Waals surface area contributed by atoms with Crippen molar-refractivity contribution in [2.75, 3.05) is 20.3 Å². The van der Waals surface area contributed by atoms with Crippen molar-refractivity contribution in [2.24, 2.45) is 0 Å². The summed E-state index contributed by atoms with van der Waals surface area (Å²) in [6.45, 7) is 0.666. The summed E-state index contributed by atoms with van der Waals surface area (Å²) in [5, 5.41) is 16.0. The van der Waals surface area contributed by atoms with E-state index in [1.54, 1.807) is 18.4 Å². The number of aliphatic hydroxyl groups is 1. The average molecular weight is 306 g/mol. The summed E-state index contributed by atoms with van der Waals surface area (Å²) in [5.41, 5.74) is 2.23. The lowest BCUT2D eigenvalue weighted by molar-refractivity contribution is 0.234. The Morgan fingerprint density at radius 2 is 2.00 bits per heavy atom. The van der Waals surface area contributed by atoms with E-state index < -0.39 is 0 Å². The molecule has 3 N–H and O–H groups in total. The van der Waals surface area contributed by atoms with Gasteiger partial charge in [0.25, 0.3) is 0 Å². The maximum Gasteiger partial charge on any atom is 0.315 e. The molecule has 21 heavy (non-hydrogen) atoms. The summed E-state index contributed by atoms with van der Waals surface area (Å²) in [7, 11) is 1.64. The van der Waals surface area contributed by atoms with Crippen LogP contribution in [0.5, 0.6) is 5.75 Å². The number of nitrogens with one attached hydrogen (secondary N) is 2. The van der Waals surface area contributed by atoms with Crippen LogP contribution < -0.4 is 15.4 Å². The molecule has 0 saturated carbocycles. The van der Waals surface area contributed by atoms with Gasteiger partial charge in [-0.1, -0.05) is 12.1 Å². The van der Waals surface area contributed by atoms with Crippen LogP contribution in [-0.2, 0) is 6.54 Å². The van der Waals surface area contributed by atoms with Gasteiger partial charge in [0, 0.05) is 11.4 Å². The topological polar surface area (TPSA) is 70.6 Å². The van der Waals surface area contributed by atoms with Gasteiger partial charge < -0.3 is 20.5 Å². The normalized spacial score (nSPS) is 10.2. The van der Waals surface area contributed by atoms with Crippen molar-refractivity contribution in [3.05, 3.63) is 40.6 Å². The van der Waals surface area contributed by atoms with E-state index in [2.05, 4.69) is 22.1 Å². The fourth-order valence-electron chi connectivity index (χ4n) is 1.81. The highest BCUT2D eigenvalue weighted by atomic mass is 32.1. The summed E-state index contributed by atoms with van der Waals surface area (Å²) in [6, 6.07) is 9.64. The lowest BCUT2D eigenvalue weighted by atomic mass is 10.1. The molecule has 0 aliphatic carbocycles. The zero-order valence-corrected chi connectivity index (χ0v) is 12.6. The minimum absolute atomic E-state index is 0.0615. The van der Waals surface area contributed by atoms with Crippen molar-refractivity contribution in [1.29, 1.82) is 0 Å². The van der Waals surface area contributed by atoms with E-state index in [1.165, 1.54) is 0 Å². The molecule has 0 fully saturated rings. The van der Waals surface area contributed by atoms with E-state index >= 15 is 0 Å². The number of carbonyl (C=O) groups excluding carboxylic acids is 1. The Hall–Kier alpha value is -2.05. The van der Waals surface area contributed by atoms with Crippen LogP contribution in [0.25, 0.3) is 11.1 Å². The number of thiophene rings is 1. The molecule has 6 heteroatoms. The van der Waals surface area contributed by atoms with Crippen molar-refractivity contribution in [3.63, 3.8) is 0 Å². The molecule has 0 aliphatic heterocycles. The van der Waals surface area contributed by atoms with E-state index in [1.807, 2.05) is 24.3 Å². The summed E-state index contributed by atoms with van der Waals surface area (Å²) < 4.78 is 5.14. The van der Waals surface area contributed by atoms with Gasteiger partial charge in [-0.2, -0.15) is 0 Å². The molecule has 0 aliphatic rings. The highest BCUT2D eigenvalue weighted by Gasteiger charge is 2.05. The molecule has 2 rings (SSSR count). The van der Waals surface area contributed by atoms with Crippen molar-refractivity contribution in [3.8, 4) is 16.9 Å². The van der Waals surface area contributed by atoms with Crippen LogP contribution in [0.3, 0.4) is 0 Å². The number of carbonyl (C=O) groups is 1. The van der Waals surface area contributed by atoms with Gasteiger partial charge in [0.05, 0.1) is 20.3 Å². The first kappa shape index (κ1) is 15.3. The van der Waals surface area contributed by atoms with E-state index in [4.69, 9.17) is 9.84 Å². The number of aliphatic hydroxyl groups excluding tert-OH is 1. The van der Waals surface area contributed by atoms with Crippen molar-refractivity contribution in [1.82, 2.24) is 10.6 Å². The average Bonchev–Trinajstić information content (AvgIpc) is 3.00. The third-order valence-corrected chi connectivity index (χ3v) is 3.83. The Kier molecular flexibility index (Phi) is 5.59. The second-order valence-electron chi connectivity index (χ2n) is 4.36. The van der Waals surface area contributed by atoms with Gasteiger partial charge in [0.2, 0.25) is 0 Å². The molecule has 2 amide bonds. The van der Waals surface area contributed by atoms with Gasteiger partial charge in [-0.25, -0.2) is 4.79 Å². The van der Waals surface area contributed by atoms with Crippen LogP contribution in [0, 0.1) is 0 Å². The van der Waals surface area contributed by atoms with Crippen LogP contribution in [0.4, 0.5) is 4.79 Å². The van der Waals surface area contributed by atoms with Gasteiger partial charge in [-0.05, 0) is 34.7 Å². The Morgan fingerprint density at radius 3 is 2.67 bits per heavy atom. The standard InChI is InChI=1S/C15H18N2O3S/c1-20-13-4-2-11(3-5-13)12-8-14(21-10-12)9-17-15(19)16-6-7-18/h2-5,8,10,18H,6-7,9H2,1H3,(H2,16,17,19). The molecule has 0 bridgehead atoms. The monoisotopic (exact) mass is 306 g/mol. The van der Waals surface area contributed by atoms with Crippen LogP contribution >= 0.6 is 11.3 Å². The molecule has 1 aromatic carbocycles. The van der Waals surface area contributed by atoms with Crippen molar-refractivity contribution in [2.45, 2.75) is 6.54 Å². The van der Waals surface area contributed by atoms with Crippen LogP contribution in [0.1, 0.15) is 4.88 Å². The predicted molar refractivity (Wildman–Crippen MR) is 83.6 cm³/mol. The van der Waals surface area contributed by atoms with Gasteiger partial charge in [-0.3, -0.25) is 0 Å². The molecule has 0 spiro atoms. The van der Waals surface area contributed by atoms with Gasteiger partial charge in [0.1, 0.15) is 5.75 Å². The molecule has 0 atom stereocenters. The first-order chi connectivity index (χ1) is 10.2. The molecule has 5 nitrogen and oxygen atoms in total. The number of amides is 2. The van der Waals surface area contributed by atoms with Gasteiger partial charge in [-0.15, -0.1) is 11.3 Å². The highest BCUT2D eigenvalue weighted by Crippen LogP contribution is 2.27. The zero-order valence-electron chi connectivity index (χ0n) is 11.8. The molecular formula is C15H18N2O3S. The molecule has 0 unspecified atom stereocenters. The summed E-state index contributed by atoms with van der Waals surface area (Å²) in [6.07, 6.45) is 0. The van der Waals surface area contributed by atoms with Crippen LogP contribution in [0.15, 0.2) is 35.7 Å². The number of benzene rings is 1. The largest absolute Gasteiger partial charge is 0.497 e. The number of hydrogen-bond acceptors (Lipinski definition) is 4. The fourth-order valence-corrected chi connectivity index (χ4v) is 2.64. The minimum Gasteiger partial charge on any atom is -0.497 e. The minimum atomic E-state index is -0.275. The first-order valence-electron chi connectivity index (χ1n) is 6.57. The fraction of sp³-hybridized carbons (Fsp3) is 0.267. The van der Waals surface area contributed by atoms with Crippen LogP contribution in [-0.4, -0.2) is 31.4 Å². The second-order valence-corrected chi connectivity index (χ2v) is 5.36. The maximum atomic E-state index is 11.4. The third-order valence-electron chi connectivity index (χ3n) is 2.90. The van der Waals surface area contributed by atoms with E-state index in [0.29, 0.717) is 6.54 Å². The molecule has 2 aromatic rings. The predicted octanol–water partition coefficient (Wildman–Crippen LogP) is 2.22. The quantitative estimate of drug-likeness (QED) is 0.766. The van der Waals surface area contributed by atoms with E-state index in [0.717, 1.165) is 21.8 Å². The van der Waals surface area contributed by atoms with Gasteiger partial charge >= 0.3 is 6.03 Å². The Balaban J connectivity index is 1.92. The first-order valence-corrected chi connectivity index (χ1v) is 7.45. The van der Waals surface area contributed by atoms with Crippen molar-refractivity contribution >= 4 is 17.4 Å². The Labute approximate surface area is 127 Å². The SMILES string of the molecule is COc1ccc(-c2csc(CNC(=O)NCCO)c2)cc1. The van der Waals surface area contributed by atoms with E-state index in [-0.39, 0.29) is 19.2 Å². The highest BCUT2D eigenvalue weighted by molar-refractivity contribution is 7.10. The summed E-state index contributed by atoms with van der Waals surface area (Å²) in [5.74, 6) is 0.830. The molecule has 1 heterocycles. The third kappa shape index (κ3) is 4.47. The maximum absolute atomic E-state index is 11.4. The Bertz CT molecular complexity index is 581. The molecule has 1 aromatic heterocycles. The summed E-state index contributed by atoms with van der Waals surface area (Å²) >= 11 is 1.60. The number of rotatable bonds is 6. The Morgan fingerprint density at radius 1 is 1.24 bits per heavy atom. The summed E-state index contributed by atoms with van der Waals surface area (Å²) in [4.78, 5) is 12.4. The number of urea groups is 1. The molecular weight excluding hydrogens is 288 g/mol. The smallest absolute Gasteiger partial charge is 0.315 e. The molecule has 112 valence electrons. The lowest BCUT2D eigenvalue weighted by Crippen LogP contribution is -2.36. The second kappa shape index (κ2) is 7.66. The number of ether oxygens (including phenoxy) is 1. The molecule has 0 saturated heterocycles. The van der Waals surface area contributed by atoms with Crippen LogP contribution in [0.2, 0.25) is 0 Å².